The summed E-state index contributed by atoms with van der Waals surface area (Å²) < 4.78 is 6.66. The van der Waals surface area contributed by atoms with Crippen LogP contribution in [0, 0.1) is 0 Å². The number of rotatable bonds is 5. The van der Waals surface area contributed by atoms with E-state index in [1.165, 1.54) is 11.8 Å². The predicted molar refractivity (Wildman–Crippen MR) is 130 cm³/mol. The molecule has 3 heterocycles. The molecule has 11 heteroatoms. The Hall–Kier alpha value is -3.43. The normalized spacial score (nSPS) is 19.4. The first-order valence-electron chi connectivity index (χ1n) is 11.0. The number of hydrogen-bond donors (Lipinski definition) is 1. The number of halogens is 2. The van der Waals surface area contributed by atoms with Crippen molar-refractivity contribution >= 4 is 52.5 Å². The number of amides is 2. The zero-order valence-electron chi connectivity index (χ0n) is 18.9. The lowest BCUT2D eigenvalue weighted by Gasteiger charge is -2.31. The van der Waals surface area contributed by atoms with Crippen molar-refractivity contribution in [3.8, 4) is 0 Å². The zero-order valence-corrected chi connectivity index (χ0v) is 20.4. The standard InChI is InChI=1S/C24H21Cl2N5O4/c1-13(15-3-5-16(25)6-4-15)31-22-21(28-29-31)24(12-20(33)27-22)18-11-17(26)7-8-19(18)30(23(24)34)9-10-35-14(2)32/h3-8,11,13H,9-10,12H2,1-2H3,(H,27,33)/t13-,24+/m0/s1. The van der Waals surface area contributed by atoms with E-state index in [4.69, 9.17) is 27.9 Å². The van der Waals surface area contributed by atoms with Gasteiger partial charge >= 0.3 is 5.97 Å². The highest BCUT2D eigenvalue weighted by molar-refractivity contribution is 6.31. The van der Waals surface area contributed by atoms with Crippen molar-refractivity contribution in [3.05, 3.63) is 69.3 Å². The maximum Gasteiger partial charge on any atom is 0.302 e. The molecule has 1 aromatic heterocycles. The second-order valence-corrected chi connectivity index (χ2v) is 9.42. The number of benzene rings is 2. The molecule has 0 bridgehead atoms. The third-order valence-corrected chi connectivity index (χ3v) is 6.93. The lowest BCUT2D eigenvalue weighted by Crippen LogP contribution is -2.47. The first-order chi connectivity index (χ1) is 16.7. The Kier molecular flexibility index (Phi) is 5.77. The quantitative estimate of drug-likeness (QED) is 0.521. The molecule has 2 aliphatic rings. The number of esters is 1. The van der Waals surface area contributed by atoms with Crippen molar-refractivity contribution in [2.24, 2.45) is 0 Å². The van der Waals surface area contributed by atoms with Gasteiger partial charge in [0, 0.05) is 22.7 Å². The van der Waals surface area contributed by atoms with Gasteiger partial charge < -0.3 is 15.0 Å². The van der Waals surface area contributed by atoms with Gasteiger partial charge in [-0.2, -0.15) is 0 Å². The largest absolute Gasteiger partial charge is 0.464 e. The molecule has 0 fully saturated rings. The predicted octanol–water partition coefficient (Wildman–Crippen LogP) is 3.73. The minimum atomic E-state index is -1.40. The summed E-state index contributed by atoms with van der Waals surface area (Å²) in [6.45, 7) is 3.36. The molecule has 2 aliphatic heterocycles. The molecule has 2 amide bonds. The second kappa shape index (κ2) is 8.66. The summed E-state index contributed by atoms with van der Waals surface area (Å²) in [5.74, 6) is -0.777. The average molecular weight is 514 g/mol. The van der Waals surface area contributed by atoms with Crippen LogP contribution in [-0.2, 0) is 24.5 Å². The maximum absolute atomic E-state index is 14.0. The van der Waals surface area contributed by atoms with E-state index in [0.29, 0.717) is 32.8 Å². The molecule has 2 aromatic carbocycles. The number of hydrogen-bond acceptors (Lipinski definition) is 6. The molecule has 9 nitrogen and oxygen atoms in total. The van der Waals surface area contributed by atoms with Gasteiger partial charge in [0.05, 0.1) is 19.0 Å². The Morgan fingerprint density at radius 3 is 2.60 bits per heavy atom. The van der Waals surface area contributed by atoms with Crippen molar-refractivity contribution in [3.63, 3.8) is 0 Å². The Morgan fingerprint density at radius 2 is 1.89 bits per heavy atom. The molecule has 0 aliphatic carbocycles. The van der Waals surface area contributed by atoms with E-state index in [1.807, 2.05) is 19.1 Å². The van der Waals surface area contributed by atoms with Crippen molar-refractivity contribution in [1.82, 2.24) is 15.0 Å². The summed E-state index contributed by atoms with van der Waals surface area (Å²) in [4.78, 5) is 39.8. The van der Waals surface area contributed by atoms with Crippen LogP contribution in [0.1, 0.15) is 43.1 Å². The van der Waals surface area contributed by atoms with Gasteiger partial charge in [-0.15, -0.1) is 5.10 Å². The molecule has 0 saturated heterocycles. The van der Waals surface area contributed by atoms with Crippen molar-refractivity contribution in [2.75, 3.05) is 23.4 Å². The number of fused-ring (bicyclic) bond motifs is 4. The number of nitrogens with one attached hydrogen (secondary N) is 1. The fourth-order valence-electron chi connectivity index (χ4n) is 4.79. The Bertz CT molecular complexity index is 1360. The average Bonchev–Trinajstić information content (AvgIpc) is 3.33. The van der Waals surface area contributed by atoms with E-state index in [-0.39, 0.29) is 37.4 Å². The SMILES string of the molecule is CC(=O)OCCN1C(=O)[C@]2(CC(=O)Nc3c2nnn3[C@@H](C)c2ccc(Cl)cc2)c2cc(Cl)ccc21. The first-order valence-corrected chi connectivity index (χ1v) is 11.7. The third-order valence-electron chi connectivity index (χ3n) is 6.44. The number of carbonyl (C=O) groups excluding carboxylic acids is 3. The van der Waals surface area contributed by atoms with Gasteiger partial charge in [-0.3, -0.25) is 14.4 Å². The Labute approximate surface area is 210 Å². The van der Waals surface area contributed by atoms with E-state index in [9.17, 15) is 14.4 Å². The highest BCUT2D eigenvalue weighted by atomic mass is 35.5. The lowest BCUT2D eigenvalue weighted by molar-refractivity contribution is -0.141. The molecule has 180 valence electrons. The van der Waals surface area contributed by atoms with Crippen molar-refractivity contribution in [2.45, 2.75) is 31.7 Å². The van der Waals surface area contributed by atoms with Gasteiger partial charge in [-0.1, -0.05) is 40.5 Å². The number of carbonyl (C=O) groups is 3. The maximum atomic E-state index is 14.0. The number of ether oxygens (including phenoxy) is 1. The van der Waals surface area contributed by atoms with Gasteiger partial charge in [0.25, 0.3) is 0 Å². The highest BCUT2D eigenvalue weighted by Crippen LogP contribution is 2.52. The summed E-state index contributed by atoms with van der Waals surface area (Å²) in [5, 5.41) is 12.6. The molecule has 1 N–H and O–H groups in total. The topological polar surface area (TPSA) is 106 Å². The van der Waals surface area contributed by atoms with Crippen LogP contribution in [-0.4, -0.2) is 45.9 Å². The van der Waals surface area contributed by atoms with Gasteiger partial charge in [-0.05, 0) is 48.4 Å². The van der Waals surface area contributed by atoms with E-state index < -0.39 is 11.4 Å². The molecule has 35 heavy (non-hydrogen) atoms. The molecular weight excluding hydrogens is 493 g/mol. The van der Waals surface area contributed by atoms with Crippen LogP contribution >= 0.6 is 23.2 Å². The summed E-state index contributed by atoms with van der Waals surface area (Å²) in [6.07, 6.45) is -0.149. The van der Waals surface area contributed by atoms with Crippen molar-refractivity contribution < 1.29 is 19.1 Å². The van der Waals surface area contributed by atoms with E-state index in [2.05, 4.69) is 15.6 Å². The summed E-state index contributed by atoms with van der Waals surface area (Å²) in [5.41, 5.74) is 1.01. The second-order valence-electron chi connectivity index (χ2n) is 8.55. The third kappa shape index (κ3) is 3.75. The summed E-state index contributed by atoms with van der Waals surface area (Å²) >= 11 is 12.4. The fourth-order valence-corrected chi connectivity index (χ4v) is 5.09. The van der Waals surface area contributed by atoms with Gasteiger partial charge in [-0.25, -0.2) is 4.68 Å². The van der Waals surface area contributed by atoms with Crippen molar-refractivity contribution in [1.29, 1.82) is 0 Å². The molecule has 5 rings (SSSR count). The fraction of sp³-hybridized carbons (Fsp3) is 0.292. The molecule has 0 saturated carbocycles. The first kappa shape index (κ1) is 23.3. The smallest absolute Gasteiger partial charge is 0.302 e. The summed E-state index contributed by atoms with van der Waals surface area (Å²) in [6, 6.07) is 12.1. The van der Waals surface area contributed by atoms with Gasteiger partial charge in [0.1, 0.15) is 17.7 Å². The van der Waals surface area contributed by atoms with Crippen LogP contribution in [0.4, 0.5) is 11.5 Å². The van der Waals surface area contributed by atoms with Crippen LogP contribution in [0.15, 0.2) is 42.5 Å². The monoisotopic (exact) mass is 513 g/mol. The zero-order chi connectivity index (χ0) is 24.9. The lowest BCUT2D eigenvalue weighted by atomic mass is 9.73. The number of nitrogens with zero attached hydrogens (tertiary/aromatic N) is 4. The van der Waals surface area contributed by atoms with Crippen LogP contribution in [0.3, 0.4) is 0 Å². The number of anilines is 2. The van der Waals surface area contributed by atoms with Crippen LogP contribution in [0.2, 0.25) is 10.0 Å². The van der Waals surface area contributed by atoms with Crippen LogP contribution < -0.4 is 10.2 Å². The van der Waals surface area contributed by atoms with E-state index in [0.717, 1.165) is 5.56 Å². The highest BCUT2D eigenvalue weighted by Gasteiger charge is 2.58. The van der Waals surface area contributed by atoms with Crippen LogP contribution in [0.5, 0.6) is 0 Å². The number of aromatic nitrogens is 3. The van der Waals surface area contributed by atoms with E-state index in [1.54, 1.807) is 35.0 Å². The minimum absolute atomic E-state index is 0.0125. The minimum Gasteiger partial charge on any atom is -0.464 e. The molecule has 0 unspecified atom stereocenters. The Balaban J connectivity index is 1.63. The molecule has 0 radical (unpaired) electrons. The van der Waals surface area contributed by atoms with E-state index >= 15 is 0 Å². The molecule has 1 spiro atoms. The van der Waals surface area contributed by atoms with Gasteiger partial charge in [0.2, 0.25) is 11.8 Å². The Morgan fingerprint density at radius 1 is 1.17 bits per heavy atom. The molecule has 2 atom stereocenters. The summed E-state index contributed by atoms with van der Waals surface area (Å²) in [7, 11) is 0. The van der Waals surface area contributed by atoms with Gasteiger partial charge in [0.15, 0.2) is 5.82 Å². The van der Waals surface area contributed by atoms with Crippen LogP contribution in [0.25, 0.3) is 0 Å². The molecular formula is C24H21Cl2N5O4. The molecule has 3 aromatic rings.